The topological polar surface area (TPSA) is 81.7 Å². The first kappa shape index (κ1) is 16.0. The molecule has 27 heavy (non-hydrogen) atoms. The van der Waals surface area contributed by atoms with Crippen molar-refractivity contribution in [1.82, 2.24) is 29.8 Å². The van der Waals surface area contributed by atoms with Crippen molar-refractivity contribution in [3.8, 4) is 5.69 Å². The Labute approximate surface area is 158 Å². The van der Waals surface area contributed by atoms with Gasteiger partial charge in [-0.25, -0.2) is 4.98 Å². The van der Waals surface area contributed by atoms with Crippen LogP contribution in [-0.2, 0) is 11.3 Å². The fraction of sp³-hybridized carbons (Fsp3) is 0.167. The second-order valence-electron chi connectivity index (χ2n) is 6.10. The van der Waals surface area contributed by atoms with Crippen molar-refractivity contribution in [3.05, 3.63) is 54.6 Å². The molecule has 1 aliphatic heterocycles. The maximum atomic E-state index is 12.8. The average Bonchev–Trinajstić information content (AvgIpc) is 3.41. The third kappa shape index (κ3) is 2.76. The number of anilines is 1. The van der Waals surface area contributed by atoms with Crippen molar-refractivity contribution >= 4 is 34.7 Å². The summed E-state index contributed by atoms with van der Waals surface area (Å²) in [5.74, 6) is 0.956. The molecule has 0 atom stereocenters. The minimum absolute atomic E-state index is 0.00309. The average molecular weight is 377 g/mol. The number of benzene rings is 2. The zero-order valence-electron chi connectivity index (χ0n) is 14.3. The van der Waals surface area contributed by atoms with Crippen LogP contribution in [0.15, 0.2) is 59.8 Å². The van der Waals surface area contributed by atoms with Gasteiger partial charge in [0.2, 0.25) is 17.0 Å². The van der Waals surface area contributed by atoms with E-state index < -0.39 is 0 Å². The first-order valence-corrected chi connectivity index (χ1v) is 9.52. The number of para-hydroxylation sites is 3. The molecule has 0 N–H and O–H groups in total. The number of amides is 1. The minimum Gasteiger partial charge on any atom is -0.308 e. The second-order valence-corrected chi connectivity index (χ2v) is 7.04. The van der Waals surface area contributed by atoms with Crippen LogP contribution in [0.25, 0.3) is 16.7 Å². The number of thioether (sulfide) groups is 1. The number of tetrazole rings is 1. The molecule has 2 aromatic carbocycles. The van der Waals surface area contributed by atoms with Gasteiger partial charge in [-0.3, -0.25) is 9.69 Å². The highest BCUT2D eigenvalue weighted by molar-refractivity contribution is 7.99. The minimum atomic E-state index is -0.00309. The molecule has 2 aromatic heterocycles. The largest absolute Gasteiger partial charge is 0.308 e. The number of hydrogen-bond acceptors (Lipinski definition) is 6. The van der Waals surface area contributed by atoms with Gasteiger partial charge in [0.15, 0.2) is 0 Å². The number of carbonyl (C=O) groups excluding carboxylic acids is 1. The van der Waals surface area contributed by atoms with Gasteiger partial charge in [-0.1, -0.05) is 42.1 Å². The molecule has 0 radical (unpaired) electrons. The predicted molar refractivity (Wildman–Crippen MR) is 102 cm³/mol. The van der Waals surface area contributed by atoms with E-state index in [0.29, 0.717) is 17.6 Å². The van der Waals surface area contributed by atoms with Gasteiger partial charge in [0.1, 0.15) is 0 Å². The Morgan fingerprint density at radius 3 is 2.74 bits per heavy atom. The molecule has 3 heterocycles. The van der Waals surface area contributed by atoms with Gasteiger partial charge < -0.3 is 4.57 Å². The molecule has 0 spiro atoms. The molecule has 0 bridgehead atoms. The van der Waals surface area contributed by atoms with Crippen LogP contribution in [-0.4, -0.2) is 48.0 Å². The summed E-state index contributed by atoms with van der Waals surface area (Å²) in [6.45, 7) is 1.39. The van der Waals surface area contributed by atoms with Crippen LogP contribution in [0.5, 0.6) is 0 Å². The molecular weight excluding hydrogens is 362 g/mol. The third-order valence-corrected chi connectivity index (χ3v) is 5.39. The van der Waals surface area contributed by atoms with Gasteiger partial charge in [0.25, 0.3) is 0 Å². The first-order valence-electron chi connectivity index (χ1n) is 8.53. The summed E-state index contributed by atoms with van der Waals surface area (Å²) in [5, 5.41) is 12.4. The summed E-state index contributed by atoms with van der Waals surface area (Å²) in [6, 6.07) is 17.6. The number of fused-ring (bicyclic) bond motifs is 3. The van der Waals surface area contributed by atoms with Crippen LogP contribution in [0.2, 0.25) is 0 Å². The van der Waals surface area contributed by atoms with Gasteiger partial charge in [0.05, 0.1) is 22.5 Å². The smallest absolute Gasteiger partial charge is 0.239 e. The van der Waals surface area contributed by atoms with Crippen molar-refractivity contribution < 1.29 is 4.79 Å². The molecule has 134 valence electrons. The molecule has 0 fully saturated rings. The van der Waals surface area contributed by atoms with Crippen LogP contribution in [0, 0.1) is 0 Å². The van der Waals surface area contributed by atoms with Crippen LogP contribution in [0.1, 0.15) is 0 Å². The second kappa shape index (κ2) is 6.51. The van der Waals surface area contributed by atoms with Crippen LogP contribution < -0.4 is 4.90 Å². The molecule has 1 aliphatic rings. The van der Waals surface area contributed by atoms with E-state index >= 15 is 0 Å². The van der Waals surface area contributed by atoms with Crippen molar-refractivity contribution in [1.29, 1.82) is 0 Å². The third-order valence-electron chi connectivity index (χ3n) is 4.49. The Bertz CT molecular complexity index is 1120. The Morgan fingerprint density at radius 2 is 1.85 bits per heavy atom. The molecular formula is C18H15N7OS. The van der Waals surface area contributed by atoms with Crippen LogP contribution in [0.3, 0.4) is 0 Å². The van der Waals surface area contributed by atoms with Crippen molar-refractivity contribution in [3.63, 3.8) is 0 Å². The van der Waals surface area contributed by atoms with E-state index in [1.54, 1.807) is 9.58 Å². The summed E-state index contributed by atoms with van der Waals surface area (Å²) in [5.41, 5.74) is 2.83. The lowest BCUT2D eigenvalue weighted by Crippen LogP contribution is -2.31. The molecule has 8 nitrogen and oxygen atoms in total. The molecule has 0 aliphatic carbocycles. The highest BCUT2D eigenvalue weighted by Gasteiger charge is 2.28. The van der Waals surface area contributed by atoms with Gasteiger partial charge in [0, 0.05) is 13.1 Å². The van der Waals surface area contributed by atoms with E-state index in [0.717, 1.165) is 23.3 Å². The fourth-order valence-electron chi connectivity index (χ4n) is 3.23. The van der Waals surface area contributed by atoms with Gasteiger partial charge in [-0.05, 0) is 34.7 Å². The Kier molecular flexibility index (Phi) is 3.86. The van der Waals surface area contributed by atoms with E-state index in [2.05, 4.69) is 25.1 Å². The summed E-state index contributed by atoms with van der Waals surface area (Å²) in [6.07, 6.45) is 0. The van der Waals surface area contributed by atoms with Gasteiger partial charge in [-0.2, -0.15) is 4.68 Å². The summed E-state index contributed by atoms with van der Waals surface area (Å²) >= 11 is 1.32. The number of imidazole rings is 1. The summed E-state index contributed by atoms with van der Waals surface area (Å²) < 4.78 is 3.73. The summed E-state index contributed by atoms with van der Waals surface area (Å²) in [4.78, 5) is 19.2. The zero-order valence-corrected chi connectivity index (χ0v) is 15.1. The Hall–Kier alpha value is -3.20. The van der Waals surface area contributed by atoms with E-state index in [1.807, 2.05) is 54.6 Å². The maximum absolute atomic E-state index is 12.8. The standard InChI is InChI=1S/C18H15N7OS/c26-16(12-27-18-20-21-22-25(18)13-6-2-1-3-7-13)24-11-10-23-15-9-5-4-8-14(15)19-17(23)24/h1-9H,10-12H2. The first-order chi connectivity index (χ1) is 13.3. The Balaban J connectivity index is 1.34. The van der Waals surface area contributed by atoms with E-state index in [9.17, 15) is 4.79 Å². The monoisotopic (exact) mass is 377 g/mol. The number of aromatic nitrogens is 6. The molecule has 4 aromatic rings. The SMILES string of the molecule is O=C(CSc1nnnn1-c1ccccc1)N1CCn2c1nc1ccccc12. The molecule has 0 saturated heterocycles. The maximum Gasteiger partial charge on any atom is 0.239 e. The zero-order chi connectivity index (χ0) is 18.2. The quantitative estimate of drug-likeness (QED) is 0.507. The van der Waals surface area contributed by atoms with Gasteiger partial charge in [-0.15, -0.1) is 5.10 Å². The van der Waals surface area contributed by atoms with Crippen molar-refractivity contribution in [2.75, 3.05) is 17.2 Å². The van der Waals surface area contributed by atoms with Gasteiger partial charge >= 0.3 is 0 Å². The Morgan fingerprint density at radius 1 is 1.04 bits per heavy atom. The number of rotatable bonds is 4. The van der Waals surface area contributed by atoms with Crippen molar-refractivity contribution in [2.45, 2.75) is 11.7 Å². The highest BCUT2D eigenvalue weighted by Crippen LogP contribution is 2.28. The van der Waals surface area contributed by atoms with E-state index in [1.165, 1.54) is 11.8 Å². The molecule has 0 unspecified atom stereocenters. The van der Waals surface area contributed by atoms with E-state index in [-0.39, 0.29) is 11.7 Å². The number of hydrogen-bond donors (Lipinski definition) is 0. The molecule has 0 saturated carbocycles. The van der Waals surface area contributed by atoms with E-state index in [4.69, 9.17) is 0 Å². The normalized spacial score (nSPS) is 13.3. The highest BCUT2D eigenvalue weighted by atomic mass is 32.2. The predicted octanol–water partition coefficient (Wildman–Crippen LogP) is 2.15. The summed E-state index contributed by atoms with van der Waals surface area (Å²) in [7, 11) is 0. The molecule has 1 amide bonds. The fourth-order valence-corrected chi connectivity index (χ4v) is 4.00. The molecule has 9 heteroatoms. The lowest BCUT2D eigenvalue weighted by molar-refractivity contribution is -0.116. The lowest BCUT2D eigenvalue weighted by Gasteiger charge is -2.13. The van der Waals surface area contributed by atoms with Crippen molar-refractivity contribution in [2.24, 2.45) is 0 Å². The number of nitrogens with zero attached hydrogens (tertiary/aromatic N) is 7. The number of carbonyl (C=O) groups is 1. The van der Waals surface area contributed by atoms with Crippen LogP contribution >= 0.6 is 11.8 Å². The lowest BCUT2D eigenvalue weighted by atomic mass is 10.3. The molecule has 5 rings (SSSR count). The van der Waals surface area contributed by atoms with Crippen LogP contribution in [0.4, 0.5) is 5.95 Å².